The van der Waals surface area contributed by atoms with Crippen LogP contribution in [0.1, 0.15) is 46.1 Å². The Hall–Kier alpha value is -1.59. The SMILES string of the molecule is CCC(CC)C(=O)N1CCN2[C@H](CN(Cc3ccc(OC)cc3)CC2(C)C)C1. The van der Waals surface area contributed by atoms with Crippen molar-refractivity contribution in [2.24, 2.45) is 5.92 Å². The zero-order valence-corrected chi connectivity index (χ0v) is 18.3. The van der Waals surface area contributed by atoms with Gasteiger partial charge in [0.2, 0.25) is 5.91 Å². The van der Waals surface area contributed by atoms with E-state index in [0.29, 0.717) is 11.9 Å². The quantitative estimate of drug-likeness (QED) is 0.751. The summed E-state index contributed by atoms with van der Waals surface area (Å²) in [5, 5.41) is 0. The van der Waals surface area contributed by atoms with Gasteiger partial charge in [-0.2, -0.15) is 0 Å². The molecule has 0 aliphatic carbocycles. The minimum Gasteiger partial charge on any atom is -0.497 e. The Balaban J connectivity index is 1.68. The molecule has 0 saturated carbocycles. The molecule has 28 heavy (non-hydrogen) atoms. The van der Waals surface area contributed by atoms with Crippen molar-refractivity contribution >= 4 is 5.91 Å². The summed E-state index contributed by atoms with van der Waals surface area (Å²) in [6, 6.07) is 8.79. The van der Waals surface area contributed by atoms with Crippen LogP contribution in [0.3, 0.4) is 0 Å². The van der Waals surface area contributed by atoms with Crippen LogP contribution < -0.4 is 4.74 Å². The van der Waals surface area contributed by atoms with E-state index in [1.54, 1.807) is 7.11 Å². The van der Waals surface area contributed by atoms with E-state index >= 15 is 0 Å². The molecule has 2 aliphatic heterocycles. The first-order valence-electron chi connectivity index (χ1n) is 10.8. The van der Waals surface area contributed by atoms with Gasteiger partial charge in [0.1, 0.15) is 5.75 Å². The molecule has 3 rings (SSSR count). The highest BCUT2D eigenvalue weighted by Crippen LogP contribution is 2.30. The third-order valence-corrected chi connectivity index (χ3v) is 6.55. The van der Waals surface area contributed by atoms with Gasteiger partial charge in [-0.05, 0) is 44.4 Å². The molecule has 0 N–H and O–H groups in total. The number of carbonyl (C=O) groups excluding carboxylic acids is 1. The minimum atomic E-state index is 0.124. The lowest BCUT2D eigenvalue weighted by atomic mass is 9.91. The average Bonchev–Trinajstić information content (AvgIpc) is 2.68. The normalized spacial score (nSPS) is 22.9. The van der Waals surface area contributed by atoms with Crippen molar-refractivity contribution in [3.8, 4) is 5.75 Å². The molecule has 0 radical (unpaired) electrons. The van der Waals surface area contributed by atoms with Gasteiger partial charge in [-0.25, -0.2) is 0 Å². The predicted molar refractivity (Wildman–Crippen MR) is 113 cm³/mol. The Bertz CT molecular complexity index is 654. The molecular weight excluding hydrogens is 350 g/mol. The Morgan fingerprint density at radius 1 is 1.14 bits per heavy atom. The number of hydrogen-bond acceptors (Lipinski definition) is 4. The molecule has 2 fully saturated rings. The van der Waals surface area contributed by atoms with Crippen LogP contribution in [0.25, 0.3) is 0 Å². The second-order valence-corrected chi connectivity index (χ2v) is 8.98. The summed E-state index contributed by atoms with van der Waals surface area (Å²) in [4.78, 5) is 20.2. The van der Waals surface area contributed by atoms with Crippen molar-refractivity contribution in [1.82, 2.24) is 14.7 Å². The highest BCUT2D eigenvalue weighted by atomic mass is 16.5. The summed E-state index contributed by atoms with van der Waals surface area (Å²) >= 11 is 0. The van der Waals surface area contributed by atoms with E-state index in [1.807, 2.05) is 12.1 Å². The van der Waals surface area contributed by atoms with Gasteiger partial charge in [-0.15, -0.1) is 0 Å². The summed E-state index contributed by atoms with van der Waals surface area (Å²) < 4.78 is 5.28. The van der Waals surface area contributed by atoms with Crippen LogP contribution in [-0.2, 0) is 11.3 Å². The monoisotopic (exact) mass is 387 g/mol. The number of fused-ring (bicyclic) bond motifs is 1. The van der Waals surface area contributed by atoms with E-state index in [2.05, 4.69) is 54.5 Å². The van der Waals surface area contributed by atoms with Crippen molar-refractivity contribution in [2.75, 3.05) is 39.8 Å². The Labute approximate surface area is 170 Å². The largest absolute Gasteiger partial charge is 0.497 e. The summed E-state index contributed by atoms with van der Waals surface area (Å²) in [6.45, 7) is 14.7. The molecule has 5 nitrogen and oxygen atoms in total. The van der Waals surface area contributed by atoms with Crippen LogP contribution in [-0.4, -0.2) is 72.0 Å². The highest BCUT2D eigenvalue weighted by Gasteiger charge is 2.43. The average molecular weight is 388 g/mol. The lowest BCUT2D eigenvalue weighted by Crippen LogP contribution is -2.70. The second kappa shape index (κ2) is 8.83. The molecule has 0 aromatic heterocycles. The standard InChI is InChI=1S/C23H37N3O2/c1-6-19(7-2)22(27)25-12-13-26-20(16-25)15-24(17-23(26,3)4)14-18-8-10-21(28-5)11-9-18/h8-11,19-20H,6-7,12-17H2,1-5H3/t20-/m1/s1. The predicted octanol–water partition coefficient (Wildman–Crippen LogP) is 3.24. The number of ether oxygens (including phenoxy) is 1. The maximum atomic E-state index is 12.9. The zero-order valence-electron chi connectivity index (χ0n) is 18.3. The third-order valence-electron chi connectivity index (χ3n) is 6.55. The van der Waals surface area contributed by atoms with Crippen molar-refractivity contribution < 1.29 is 9.53 Å². The van der Waals surface area contributed by atoms with Crippen molar-refractivity contribution in [2.45, 2.75) is 58.7 Å². The Kier molecular flexibility index (Phi) is 6.66. The molecule has 5 heteroatoms. The fourth-order valence-corrected chi connectivity index (χ4v) is 5.01. The first-order chi connectivity index (χ1) is 13.4. The zero-order chi connectivity index (χ0) is 20.3. The molecule has 1 aromatic carbocycles. The van der Waals surface area contributed by atoms with Gasteiger partial charge in [-0.3, -0.25) is 14.6 Å². The number of methoxy groups -OCH3 is 1. The number of carbonyl (C=O) groups is 1. The number of hydrogen-bond donors (Lipinski definition) is 0. The van der Waals surface area contributed by atoms with E-state index in [9.17, 15) is 4.79 Å². The van der Waals surface area contributed by atoms with Gasteiger partial charge in [0, 0.05) is 56.8 Å². The van der Waals surface area contributed by atoms with E-state index in [1.165, 1.54) is 5.56 Å². The van der Waals surface area contributed by atoms with Gasteiger partial charge in [0.25, 0.3) is 0 Å². The van der Waals surface area contributed by atoms with Crippen molar-refractivity contribution in [1.29, 1.82) is 0 Å². The van der Waals surface area contributed by atoms with Gasteiger partial charge >= 0.3 is 0 Å². The van der Waals surface area contributed by atoms with E-state index in [4.69, 9.17) is 4.74 Å². The first-order valence-corrected chi connectivity index (χ1v) is 10.8. The fraction of sp³-hybridized carbons (Fsp3) is 0.696. The summed E-state index contributed by atoms with van der Waals surface area (Å²) in [6.07, 6.45) is 1.88. The topological polar surface area (TPSA) is 36.0 Å². The smallest absolute Gasteiger partial charge is 0.225 e. The van der Waals surface area contributed by atoms with Gasteiger partial charge < -0.3 is 9.64 Å². The molecule has 2 aliphatic rings. The lowest BCUT2D eigenvalue weighted by Gasteiger charge is -2.55. The van der Waals surface area contributed by atoms with Gasteiger partial charge in [0.05, 0.1) is 7.11 Å². The molecule has 0 unspecified atom stereocenters. The number of rotatable bonds is 6. The Morgan fingerprint density at radius 2 is 1.82 bits per heavy atom. The molecule has 1 atom stereocenters. The molecule has 1 aromatic rings. The van der Waals surface area contributed by atoms with Crippen LogP contribution in [0, 0.1) is 5.92 Å². The molecule has 0 bridgehead atoms. The molecule has 2 saturated heterocycles. The van der Waals surface area contributed by atoms with Crippen LogP contribution in [0.5, 0.6) is 5.75 Å². The van der Waals surface area contributed by atoms with Gasteiger partial charge in [-0.1, -0.05) is 26.0 Å². The van der Waals surface area contributed by atoms with E-state index in [0.717, 1.165) is 57.9 Å². The maximum absolute atomic E-state index is 12.9. The number of amides is 1. The molecule has 2 heterocycles. The molecular formula is C23H37N3O2. The fourth-order valence-electron chi connectivity index (χ4n) is 5.01. The molecule has 0 spiro atoms. The third kappa shape index (κ3) is 4.52. The molecule has 156 valence electrons. The van der Waals surface area contributed by atoms with E-state index < -0.39 is 0 Å². The lowest BCUT2D eigenvalue weighted by molar-refractivity contribution is -0.143. The molecule has 1 amide bonds. The summed E-state index contributed by atoms with van der Waals surface area (Å²) in [5.41, 5.74) is 1.44. The Morgan fingerprint density at radius 3 is 2.43 bits per heavy atom. The number of benzene rings is 1. The van der Waals surface area contributed by atoms with E-state index in [-0.39, 0.29) is 11.5 Å². The summed E-state index contributed by atoms with van der Waals surface area (Å²) in [5.74, 6) is 1.44. The number of nitrogens with zero attached hydrogens (tertiary/aromatic N) is 3. The second-order valence-electron chi connectivity index (χ2n) is 8.98. The highest BCUT2D eigenvalue weighted by molar-refractivity contribution is 5.79. The van der Waals surface area contributed by atoms with Gasteiger partial charge in [0.15, 0.2) is 0 Å². The van der Waals surface area contributed by atoms with Crippen LogP contribution in [0.2, 0.25) is 0 Å². The van der Waals surface area contributed by atoms with Crippen LogP contribution in [0.15, 0.2) is 24.3 Å². The first kappa shape index (κ1) is 21.1. The number of piperazine rings is 2. The maximum Gasteiger partial charge on any atom is 0.225 e. The van der Waals surface area contributed by atoms with Crippen molar-refractivity contribution in [3.05, 3.63) is 29.8 Å². The minimum absolute atomic E-state index is 0.124. The van der Waals surface area contributed by atoms with Crippen LogP contribution in [0.4, 0.5) is 0 Å². The summed E-state index contributed by atoms with van der Waals surface area (Å²) in [7, 11) is 1.70. The van der Waals surface area contributed by atoms with Crippen LogP contribution >= 0.6 is 0 Å². The van der Waals surface area contributed by atoms with Crippen molar-refractivity contribution in [3.63, 3.8) is 0 Å².